The van der Waals surface area contributed by atoms with Gasteiger partial charge in [0.25, 0.3) is 5.91 Å². The Kier molecular flexibility index (Phi) is 5.38. The maximum Gasteiger partial charge on any atom is 0.331 e. The number of carboxylic acids is 1. The SMILES string of the molecule is COc1cc(C(=O)NC2(C(=O)O)CCOC2)ccc1OCc1cscn1. The zero-order chi connectivity index (χ0) is 18.6. The summed E-state index contributed by atoms with van der Waals surface area (Å²) in [7, 11) is 1.47. The Morgan fingerprint density at radius 3 is 2.88 bits per heavy atom. The van der Waals surface area contributed by atoms with Crippen LogP contribution in [0.3, 0.4) is 0 Å². The Morgan fingerprint density at radius 1 is 1.42 bits per heavy atom. The van der Waals surface area contributed by atoms with E-state index in [1.807, 2.05) is 5.38 Å². The minimum atomic E-state index is -1.40. The van der Waals surface area contributed by atoms with E-state index in [2.05, 4.69) is 10.3 Å². The molecule has 0 aliphatic carbocycles. The summed E-state index contributed by atoms with van der Waals surface area (Å²) in [6.07, 6.45) is 0.222. The lowest BCUT2D eigenvalue weighted by molar-refractivity contribution is -0.144. The Balaban J connectivity index is 1.73. The van der Waals surface area contributed by atoms with Gasteiger partial charge >= 0.3 is 5.97 Å². The number of amides is 1. The van der Waals surface area contributed by atoms with Gasteiger partial charge in [0.05, 0.1) is 24.9 Å². The molecule has 1 unspecified atom stereocenters. The van der Waals surface area contributed by atoms with Crippen molar-refractivity contribution in [2.75, 3.05) is 20.3 Å². The van der Waals surface area contributed by atoms with E-state index in [0.29, 0.717) is 18.1 Å². The first-order chi connectivity index (χ1) is 12.5. The summed E-state index contributed by atoms with van der Waals surface area (Å²) in [5.41, 5.74) is 1.39. The first kappa shape index (κ1) is 18.2. The highest BCUT2D eigenvalue weighted by molar-refractivity contribution is 7.07. The quantitative estimate of drug-likeness (QED) is 0.755. The number of nitrogens with one attached hydrogen (secondary N) is 1. The van der Waals surface area contributed by atoms with Gasteiger partial charge in [-0.3, -0.25) is 4.79 Å². The summed E-state index contributed by atoms with van der Waals surface area (Å²) >= 11 is 1.47. The van der Waals surface area contributed by atoms with Gasteiger partial charge in [-0.25, -0.2) is 9.78 Å². The fraction of sp³-hybridized carbons (Fsp3) is 0.353. The summed E-state index contributed by atoms with van der Waals surface area (Å²) in [6.45, 7) is 0.518. The molecule has 9 heteroatoms. The number of ether oxygens (including phenoxy) is 3. The Bertz CT molecular complexity index is 787. The summed E-state index contributed by atoms with van der Waals surface area (Å²) < 4.78 is 16.1. The van der Waals surface area contributed by atoms with Gasteiger partial charge in [0.2, 0.25) is 0 Å². The summed E-state index contributed by atoms with van der Waals surface area (Å²) in [6, 6.07) is 4.68. The van der Waals surface area contributed by atoms with Crippen molar-refractivity contribution >= 4 is 23.2 Å². The van der Waals surface area contributed by atoms with Crippen molar-refractivity contribution in [1.29, 1.82) is 0 Å². The number of carboxylic acid groups (broad SMARTS) is 1. The number of nitrogens with zero attached hydrogens (tertiary/aromatic N) is 1. The highest BCUT2D eigenvalue weighted by Gasteiger charge is 2.44. The van der Waals surface area contributed by atoms with Gasteiger partial charge in [-0.15, -0.1) is 11.3 Å². The van der Waals surface area contributed by atoms with Crippen LogP contribution in [-0.2, 0) is 16.1 Å². The smallest absolute Gasteiger partial charge is 0.331 e. The highest BCUT2D eigenvalue weighted by atomic mass is 32.1. The molecule has 1 aliphatic rings. The highest BCUT2D eigenvalue weighted by Crippen LogP contribution is 2.29. The minimum Gasteiger partial charge on any atom is -0.493 e. The van der Waals surface area contributed by atoms with Crippen molar-refractivity contribution in [1.82, 2.24) is 10.3 Å². The number of hydrogen-bond acceptors (Lipinski definition) is 7. The molecule has 138 valence electrons. The van der Waals surface area contributed by atoms with E-state index in [1.54, 1.807) is 17.6 Å². The molecule has 1 saturated heterocycles. The van der Waals surface area contributed by atoms with Crippen LogP contribution < -0.4 is 14.8 Å². The molecule has 2 N–H and O–H groups in total. The first-order valence-electron chi connectivity index (χ1n) is 7.85. The molecule has 1 aromatic carbocycles. The zero-order valence-electron chi connectivity index (χ0n) is 14.1. The van der Waals surface area contributed by atoms with E-state index in [0.717, 1.165) is 5.69 Å². The average Bonchev–Trinajstić information content (AvgIpc) is 3.32. The predicted molar refractivity (Wildman–Crippen MR) is 92.7 cm³/mol. The number of thiazole rings is 1. The Morgan fingerprint density at radius 2 is 2.27 bits per heavy atom. The number of methoxy groups -OCH3 is 1. The third kappa shape index (κ3) is 3.78. The molecule has 1 aliphatic heterocycles. The molecule has 0 bridgehead atoms. The summed E-state index contributed by atoms with van der Waals surface area (Å²) in [4.78, 5) is 28.2. The number of hydrogen-bond donors (Lipinski definition) is 2. The maximum absolute atomic E-state index is 12.5. The molecular weight excluding hydrogens is 360 g/mol. The molecule has 1 fully saturated rings. The van der Waals surface area contributed by atoms with E-state index >= 15 is 0 Å². The van der Waals surface area contributed by atoms with Crippen molar-refractivity contribution in [3.63, 3.8) is 0 Å². The zero-order valence-corrected chi connectivity index (χ0v) is 14.9. The van der Waals surface area contributed by atoms with Crippen LogP contribution in [0.2, 0.25) is 0 Å². The molecule has 3 rings (SSSR count). The average molecular weight is 378 g/mol. The topological polar surface area (TPSA) is 107 Å². The van der Waals surface area contributed by atoms with Crippen LogP contribution >= 0.6 is 11.3 Å². The van der Waals surface area contributed by atoms with E-state index in [4.69, 9.17) is 14.2 Å². The molecule has 1 amide bonds. The van der Waals surface area contributed by atoms with Crippen LogP contribution in [-0.4, -0.2) is 47.8 Å². The van der Waals surface area contributed by atoms with E-state index < -0.39 is 17.4 Å². The van der Waals surface area contributed by atoms with Gasteiger partial charge in [0.1, 0.15) is 6.61 Å². The van der Waals surface area contributed by atoms with Crippen molar-refractivity contribution in [2.24, 2.45) is 0 Å². The van der Waals surface area contributed by atoms with Gasteiger partial charge in [0, 0.05) is 24.0 Å². The molecule has 0 spiro atoms. The molecule has 2 aromatic rings. The standard InChI is InChI=1S/C17H18N2O6S/c1-23-14-6-11(2-3-13(14)25-7-12-8-26-10-18-12)15(20)19-17(16(21)22)4-5-24-9-17/h2-3,6,8,10H,4-5,7,9H2,1H3,(H,19,20)(H,21,22). The summed E-state index contributed by atoms with van der Waals surface area (Å²) in [5, 5.41) is 13.9. The molecule has 0 saturated carbocycles. The lowest BCUT2D eigenvalue weighted by atomic mass is 9.98. The number of carbonyl (C=O) groups excluding carboxylic acids is 1. The third-order valence-electron chi connectivity index (χ3n) is 4.07. The van der Waals surface area contributed by atoms with Crippen molar-refractivity contribution < 1.29 is 28.9 Å². The van der Waals surface area contributed by atoms with Gasteiger partial charge in [-0.1, -0.05) is 0 Å². The molecule has 1 aromatic heterocycles. The Labute approximate surface area is 153 Å². The van der Waals surface area contributed by atoms with E-state index in [9.17, 15) is 14.7 Å². The minimum absolute atomic E-state index is 0.0555. The third-order valence-corrected chi connectivity index (χ3v) is 4.70. The normalized spacial score (nSPS) is 19.1. The van der Waals surface area contributed by atoms with E-state index in [1.165, 1.54) is 24.5 Å². The molecule has 8 nitrogen and oxygen atoms in total. The molecule has 2 heterocycles. The number of aliphatic carboxylic acids is 1. The van der Waals surface area contributed by atoms with Crippen molar-refractivity contribution in [3.8, 4) is 11.5 Å². The van der Waals surface area contributed by atoms with Gasteiger partial charge < -0.3 is 24.6 Å². The monoisotopic (exact) mass is 378 g/mol. The second-order valence-electron chi connectivity index (χ2n) is 5.78. The number of carbonyl (C=O) groups is 2. The van der Waals surface area contributed by atoms with Crippen LogP contribution in [0.15, 0.2) is 29.1 Å². The van der Waals surface area contributed by atoms with Crippen LogP contribution in [0.5, 0.6) is 11.5 Å². The van der Waals surface area contributed by atoms with Gasteiger partial charge in [-0.05, 0) is 18.2 Å². The van der Waals surface area contributed by atoms with Gasteiger partial charge in [0.15, 0.2) is 17.0 Å². The number of rotatable bonds is 7. The van der Waals surface area contributed by atoms with Gasteiger partial charge in [-0.2, -0.15) is 0 Å². The lowest BCUT2D eigenvalue weighted by Gasteiger charge is -2.23. The second kappa shape index (κ2) is 7.71. The molecule has 26 heavy (non-hydrogen) atoms. The molecule has 0 radical (unpaired) electrons. The van der Waals surface area contributed by atoms with E-state index in [-0.39, 0.29) is 25.2 Å². The van der Waals surface area contributed by atoms with Crippen LogP contribution in [0.1, 0.15) is 22.5 Å². The number of aromatic nitrogens is 1. The molecular formula is C17H18N2O6S. The van der Waals surface area contributed by atoms with Crippen molar-refractivity contribution in [3.05, 3.63) is 40.3 Å². The number of benzene rings is 1. The summed E-state index contributed by atoms with van der Waals surface area (Å²) in [5.74, 6) is -0.782. The van der Waals surface area contributed by atoms with Crippen LogP contribution in [0.4, 0.5) is 0 Å². The van der Waals surface area contributed by atoms with Crippen LogP contribution in [0, 0.1) is 0 Å². The fourth-order valence-electron chi connectivity index (χ4n) is 2.56. The largest absolute Gasteiger partial charge is 0.493 e. The first-order valence-corrected chi connectivity index (χ1v) is 8.80. The lowest BCUT2D eigenvalue weighted by Crippen LogP contribution is -2.55. The molecule has 1 atom stereocenters. The second-order valence-corrected chi connectivity index (χ2v) is 6.50. The predicted octanol–water partition coefficient (Wildman–Crippen LogP) is 1.70. The van der Waals surface area contributed by atoms with Crippen molar-refractivity contribution in [2.45, 2.75) is 18.6 Å². The maximum atomic E-state index is 12.5. The Hall–Kier alpha value is -2.65. The van der Waals surface area contributed by atoms with Crippen LogP contribution in [0.25, 0.3) is 0 Å². The fourth-order valence-corrected chi connectivity index (χ4v) is 3.11.